The summed E-state index contributed by atoms with van der Waals surface area (Å²) in [5, 5.41) is 3.09. The molecule has 91 heavy (non-hydrogen) atoms. The Hall–Kier alpha value is -2.29. The number of quaternary nitrogens is 1. The van der Waals surface area contributed by atoms with E-state index in [1.165, 1.54) is 289 Å². The van der Waals surface area contributed by atoms with Gasteiger partial charge in [-0.2, -0.15) is 0 Å². The lowest BCUT2D eigenvalue weighted by Gasteiger charge is -2.27. The standard InChI is InChI=1S/C81H153N2O7P/c1-7-10-13-16-19-22-25-28-30-32-34-36-38-40-41-43-44-46-48-50-52-55-58-61-64-67-70-73-80(84)82-78(77-89-91(86,87)88-76-75-83(4,5)6)79(72-69-66-63-60-57-54-27-24-21-18-15-12-9-3)90-81(85)74-71-68-65-62-59-56-53-51-49-47-45-42-39-37-35-33-31-29-26-23-20-17-14-11-8-2/h19-20,22-23,28-31,69,72,78-79H,7-18,21,24-27,32-68,70-71,73-77H2,1-6H3,(H-,82,84,86,87)/p+1/b22-19-,23-20-,30-28-,31-29-,72-69+. The Morgan fingerprint density at radius 2 is 0.670 bits per heavy atom. The van der Waals surface area contributed by atoms with Gasteiger partial charge < -0.3 is 19.4 Å². The first kappa shape index (κ1) is 88.7. The van der Waals surface area contributed by atoms with Gasteiger partial charge >= 0.3 is 13.8 Å². The number of nitrogens with zero attached hydrogens (tertiary/aromatic N) is 1. The van der Waals surface area contributed by atoms with Crippen LogP contribution >= 0.6 is 7.82 Å². The third kappa shape index (κ3) is 71.8. The first-order chi connectivity index (χ1) is 44.4. The van der Waals surface area contributed by atoms with Crippen LogP contribution in [0.15, 0.2) is 60.8 Å². The van der Waals surface area contributed by atoms with Crippen molar-refractivity contribution in [3.05, 3.63) is 60.8 Å². The summed E-state index contributed by atoms with van der Waals surface area (Å²) in [6.45, 7) is 7.03. The van der Waals surface area contributed by atoms with Crippen LogP contribution in [-0.4, -0.2) is 74.3 Å². The molecule has 10 heteroatoms. The fourth-order valence-electron chi connectivity index (χ4n) is 11.8. The number of unbranched alkanes of at least 4 members (excludes halogenated alkanes) is 49. The molecule has 0 saturated heterocycles. The van der Waals surface area contributed by atoms with Crippen LogP contribution < -0.4 is 5.32 Å². The molecule has 0 heterocycles. The average Bonchev–Trinajstić information content (AvgIpc) is 3.45. The van der Waals surface area contributed by atoms with Gasteiger partial charge in [-0.15, -0.1) is 0 Å². The van der Waals surface area contributed by atoms with Crippen molar-refractivity contribution in [2.24, 2.45) is 0 Å². The van der Waals surface area contributed by atoms with Gasteiger partial charge in [0.1, 0.15) is 19.3 Å². The van der Waals surface area contributed by atoms with Crippen molar-refractivity contribution in [2.75, 3.05) is 40.9 Å². The number of esters is 1. The third-order valence-corrected chi connectivity index (χ3v) is 18.9. The molecule has 0 aliphatic rings. The zero-order chi connectivity index (χ0) is 66.3. The van der Waals surface area contributed by atoms with Gasteiger partial charge in [-0.3, -0.25) is 18.6 Å². The monoisotopic (exact) mass is 1300 g/mol. The molecule has 0 saturated carbocycles. The quantitative estimate of drug-likeness (QED) is 0.0205. The lowest BCUT2D eigenvalue weighted by Crippen LogP contribution is -2.47. The van der Waals surface area contributed by atoms with Crippen LogP contribution in [0.5, 0.6) is 0 Å². The maximum absolute atomic E-state index is 13.7. The zero-order valence-corrected chi connectivity index (χ0v) is 62.2. The van der Waals surface area contributed by atoms with Gasteiger partial charge in [-0.25, -0.2) is 4.57 Å². The highest BCUT2D eigenvalue weighted by atomic mass is 31.2. The summed E-state index contributed by atoms with van der Waals surface area (Å²) in [7, 11) is 1.51. The Kier molecular flexibility index (Phi) is 68.7. The molecule has 0 rings (SSSR count). The van der Waals surface area contributed by atoms with Crippen LogP contribution in [0.3, 0.4) is 0 Å². The molecule has 3 unspecified atom stereocenters. The number of likely N-dealkylation sites (N-methyl/N-ethyl adjacent to an activating group) is 1. The van der Waals surface area contributed by atoms with E-state index in [2.05, 4.69) is 80.8 Å². The molecule has 2 N–H and O–H groups in total. The molecule has 534 valence electrons. The number of rotatable bonds is 73. The van der Waals surface area contributed by atoms with Crippen LogP contribution in [0.4, 0.5) is 0 Å². The predicted octanol–water partition coefficient (Wildman–Crippen LogP) is 25.7. The summed E-state index contributed by atoms with van der Waals surface area (Å²) in [6, 6.07) is -0.849. The van der Waals surface area contributed by atoms with Crippen LogP contribution in [-0.2, 0) is 27.9 Å². The molecule has 0 fully saturated rings. The van der Waals surface area contributed by atoms with Crippen molar-refractivity contribution < 1.29 is 37.3 Å². The highest BCUT2D eigenvalue weighted by molar-refractivity contribution is 7.47. The topological polar surface area (TPSA) is 111 Å². The zero-order valence-electron chi connectivity index (χ0n) is 61.4. The highest BCUT2D eigenvalue weighted by Gasteiger charge is 2.30. The Balaban J connectivity index is 4.94. The summed E-state index contributed by atoms with van der Waals surface area (Å²) in [4.78, 5) is 38.1. The Labute approximate surface area is 566 Å². The van der Waals surface area contributed by atoms with E-state index >= 15 is 0 Å². The molecule has 1 amide bonds. The fourth-order valence-corrected chi connectivity index (χ4v) is 12.6. The number of phosphoric ester groups is 1. The van der Waals surface area contributed by atoms with E-state index in [0.29, 0.717) is 23.9 Å². The van der Waals surface area contributed by atoms with Gasteiger partial charge in [0.15, 0.2) is 0 Å². The summed E-state index contributed by atoms with van der Waals surface area (Å²) in [5.41, 5.74) is 0. The minimum absolute atomic E-state index is 0.0418. The molecular weight excluding hydrogens is 1140 g/mol. The number of allylic oxidation sites excluding steroid dienone is 9. The molecule has 0 aliphatic carbocycles. The van der Waals surface area contributed by atoms with Crippen molar-refractivity contribution in [2.45, 2.75) is 405 Å². The number of hydrogen-bond acceptors (Lipinski definition) is 6. The molecule has 0 aromatic rings. The normalized spacial score (nSPS) is 13.7. The molecule has 0 aromatic heterocycles. The van der Waals surface area contributed by atoms with Crippen LogP contribution in [0.25, 0.3) is 0 Å². The van der Waals surface area contributed by atoms with E-state index in [0.717, 1.165) is 70.6 Å². The van der Waals surface area contributed by atoms with Crippen molar-refractivity contribution in [1.29, 1.82) is 0 Å². The summed E-state index contributed by atoms with van der Waals surface area (Å²) in [5.74, 6) is -0.485. The molecule has 0 aliphatic heterocycles. The highest BCUT2D eigenvalue weighted by Crippen LogP contribution is 2.43. The van der Waals surface area contributed by atoms with Gasteiger partial charge in [-0.05, 0) is 96.0 Å². The number of hydrogen-bond donors (Lipinski definition) is 2. The molecule has 0 radical (unpaired) electrons. The van der Waals surface area contributed by atoms with E-state index in [1.54, 1.807) is 0 Å². The van der Waals surface area contributed by atoms with E-state index in [-0.39, 0.29) is 25.1 Å². The fraction of sp³-hybridized carbons (Fsp3) is 0.852. The smallest absolute Gasteiger partial charge is 0.456 e. The molecule has 0 bridgehead atoms. The van der Waals surface area contributed by atoms with E-state index in [4.69, 9.17) is 13.8 Å². The minimum Gasteiger partial charge on any atom is -0.456 e. The van der Waals surface area contributed by atoms with Gasteiger partial charge in [0.2, 0.25) is 5.91 Å². The van der Waals surface area contributed by atoms with Crippen molar-refractivity contribution in [3.8, 4) is 0 Å². The maximum Gasteiger partial charge on any atom is 0.472 e. The van der Waals surface area contributed by atoms with Crippen LogP contribution in [0.1, 0.15) is 393 Å². The second-order valence-corrected chi connectivity index (χ2v) is 29.7. The summed E-state index contributed by atoms with van der Waals surface area (Å²) in [6.07, 6.45) is 92.5. The predicted molar refractivity (Wildman–Crippen MR) is 397 cm³/mol. The lowest BCUT2D eigenvalue weighted by molar-refractivity contribution is -0.870. The van der Waals surface area contributed by atoms with Crippen LogP contribution in [0, 0.1) is 0 Å². The molecule has 0 aromatic carbocycles. The number of carbonyl (C=O) groups excluding carboxylic acids is 2. The molecule has 3 atom stereocenters. The maximum atomic E-state index is 13.7. The largest absolute Gasteiger partial charge is 0.472 e. The first-order valence-corrected chi connectivity index (χ1v) is 41.1. The summed E-state index contributed by atoms with van der Waals surface area (Å²) >= 11 is 0. The van der Waals surface area contributed by atoms with E-state index in [1.807, 2.05) is 27.2 Å². The number of amides is 1. The van der Waals surface area contributed by atoms with Crippen molar-refractivity contribution >= 4 is 19.7 Å². The minimum atomic E-state index is -4.46. The third-order valence-electron chi connectivity index (χ3n) is 17.9. The molecule has 0 spiro atoms. The second-order valence-electron chi connectivity index (χ2n) is 28.2. The van der Waals surface area contributed by atoms with Gasteiger partial charge in [-0.1, -0.05) is 345 Å². The van der Waals surface area contributed by atoms with Crippen LogP contribution in [0.2, 0.25) is 0 Å². The average molecular weight is 1300 g/mol. The Bertz CT molecular complexity index is 1740. The Morgan fingerprint density at radius 1 is 0.385 bits per heavy atom. The Morgan fingerprint density at radius 3 is 1.01 bits per heavy atom. The molecule has 9 nitrogen and oxygen atoms in total. The number of phosphoric acid groups is 1. The second kappa shape index (κ2) is 70.5. The molecular formula is C81H154N2O7P+. The van der Waals surface area contributed by atoms with E-state index < -0.39 is 20.0 Å². The van der Waals surface area contributed by atoms with Gasteiger partial charge in [0.25, 0.3) is 0 Å². The van der Waals surface area contributed by atoms with E-state index in [9.17, 15) is 19.0 Å². The summed E-state index contributed by atoms with van der Waals surface area (Å²) < 4.78 is 31.0. The van der Waals surface area contributed by atoms with Gasteiger partial charge in [0.05, 0.1) is 33.8 Å². The van der Waals surface area contributed by atoms with Crippen molar-refractivity contribution in [3.63, 3.8) is 0 Å². The van der Waals surface area contributed by atoms with Gasteiger partial charge in [0, 0.05) is 12.8 Å². The SMILES string of the molecule is CCCCC/C=C\C/C=C\CCCCCCCCCCCCCCCCCCCC(=O)NC(COP(=O)(O)OCC[N+](C)(C)C)C(/C=C/CCCCCCCCCCCCC)OC(=O)CCCCCCCCCCCCCCCCC/C=C\C/C=C\CCCCC. The first-order valence-electron chi connectivity index (χ1n) is 39.6. The number of ether oxygens (including phenoxy) is 1. The number of nitrogens with one attached hydrogen (secondary N) is 1. The lowest BCUT2D eigenvalue weighted by atomic mass is 10.0. The number of carbonyl (C=O) groups is 2. The van der Waals surface area contributed by atoms with Crippen molar-refractivity contribution in [1.82, 2.24) is 5.32 Å².